The lowest BCUT2D eigenvalue weighted by molar-refractivity contribution is 0.384. The third kappa shape index (κ3) is 4.13. The van der Waals surface area contributed by atoms with Gasteiger partial charge in [0.15, 0.2) is 0 Å². The third-order valence-electron chi connectivity index (χ3n) is 6.69. The lowest BCUT2D eigenvalue weighted by Crippen LogP contribution is -2.23. The molecule has 0 spiro atoms. The van der Waals surface area contributed by atoms with Crippen molar-refractivity contribution >= 4 is 12.9 Å². The average Bonchev–Trinajstić information content (AvgIpc) is 2.74. The molecule has 0 bridgehead atoms. The molecule has 0 amide bonds. The largest absolute Gasteiger partial charge is 0.357 e. The second kappa shape index (κ2) is 8.53. The zero-order chi connectivity index (χ0) is 19.6. The molecule has 4 heteroatoms. The van der Waals surface area contributed by atoms with Crippen molar-refractivity contribution in [3.8, 4) is 11.1 Å². The van der Waals surface area contributed by atoms with Crippen LogP contribution in [0.1, 0.15) is 87.2 Å². The van der Waals surface area contributed by atoms with Crippen LogP contribution in [-0.4, -0.2) is 9.79 Å². The van der Waals surface area contributed by atoms with Gasteiger partial charge in [0.05, 0.1) is 5.30 Å². The van der Waals surface area contributed by atoms with Crippen LogP contribution in [0.5, 0.6) is 0 Å². The van der Waals surface area contributed by atoms with E-state index in [4.69, 9.17) is 0 Å². The molecule has 2 aliphatic rings. The molecular formula is C24H31O3P. The summed E-state index contributed by atoms with van der Waals surface area (Å²) >= 11 is 0. The van der Waals surface area contributed by atoms with E-state index in [2.05, 4.69) is 6.07 Å². The van der Waals surface area contributed by atoms with E-state index in [-0.39, 0.29) is 5.92 Å². The smallest absolute Gasteiger partial charge is 0.321 e. The Kier molecular flexibility index (Phi) is 6.06. The first-order chi connectivity index (χ1) is 13.6. The van der Waals surface area contributed by atoms with Crippen LogP contribution < -0.4 is 5.30 Å². The van der Waals surface area contributed by atoms with Crippen LogP contribution in [0.15, 0.2) is 42.5 Å². The van der Waals surface area contributed by atoms with Crippen LogP contribution in [0.4, 0.5) is 0 Å². The van der Waals surface area contributed by atoms with E-state index in [9.17, 15) is 14.4 Å². The fraction of sp³-hybridized carbons (Fsp3) is 0.500. The highest BCUT2D eigenvalue weighted by atomic mass is 31.2. The highest BCUT2D eigenvalue weighted by Gasteiger charge is 2.34. The first-order valence-electron chi connectivity index (χ1n) is 10.8. The second-order valence-electron chi connectivity index (χ2n) is 8.54. The highest BCUT2D eigenvalue weighted by molar-refractivity contribution is 7.60. The molecular weight excluding hydrogens is 367 g/mol. The summed E-state index contributed by atoms with van der Waals surface area (Å²) in [4.78, 5) is 21.0. The van der Waals surface area contributed by atoms with Crippen molar-refractivity contribution in [3.05, 3.63) is 53.6 Å². The van der Waals surface area contributed by atoms with Gasteiger partial charge >= 0.3 is 7.60 Å². The van der Waals surface area contributed by atoms with Gasteiger partial charge in [-0.25, -0.2) is 0 Å². The summed E-state index contributed by atoms with van der Waals surface area (Å²) in [5.74, 6) is 0.720. The topological polar surface area (TPSA) is 57.5 Å². The molecule has 2 fully saturated rings. The predicted molar refractivity (Wildman–Crippen MR) is 115 cm³/mol. The van der Waals surface area contributed by atoms with E-state index in [0.717, 1.165) is 49.7 Å². The minimum atomic E-state index is -4.40. The quantitative estimate of drug-likeness (QED) is 0.598. The Morgan fingerprint density at radius 1 is 0.714 bits per heavy atom. The molecule has 150 valence electrons. The zero-order valence-corrected chi connectivity index (χ0v) is 17.4. The molecule has 0 unspecified atom stereocenters. The first-order valence-corrected chi connectivity index (χ1v) is 12.5. The Hall–Kier alpha value is -1.41. The molecule has 4 rings (SSSR count). The van der Waals surface area contributed by atoms with Crippen molar-refractivity contribution in [2.75, 3.05) is 0 Å². The normalized spacial score (nSPS) is 19.6. The average molecular weight is 398 g/mol. The summed E-state index contributed by atoms with van der Waals surface area (Å²) in [7, 11) is -4.40. The Morgan fingerprint density at radius 3 is 1.86 bits per heavy atom. The van der Waals surface area contributed by atoms with Crippen LogP contribution in [0, 0.1) is 0 Å². The fourth-order valence-electron chi connectivity index (χ4n) is 5.38. The van der Waals surface area contributed by atoms with Gasteiger partial charge in [0, 0.05) is 0 Å². The number of rotatable bonds is 4. The van der Waals surface area contributed by atoms with Crippen LogP contribution in [-0.2, 0) is 4.57 Å². The molecule has 0 aliphatic heterocycles. The van der Waals surface area contributed by atoms with Gasteiger partial charge in [-0.05, 0) is 59.8 Å². The minimum absolute atomic E-state index is 0.275. The van der Waals surface area contributed by atoms with Crippen LogP contribution in [0.3, 0.4) is 0 Å². The van der Waals surface area contributed by atoms with Crippen LogP contribution >= 0.6 is 7.60 Å². The molecule has 3 nitrogen and oxygen atoms in total. The van der Waals surface area contributed by atoms with Crippen molar-refractivity contribution in [1.29, 1.82) is 0 Å². The van der Waals surface area contributed by atoms with Gasteiger partial charge in [0.2, 0.25) is 0 Å². The van der Waals surface area contributed by atoms with Crippen molar-refractivity contribution in [3.63, 3.8) is 0 Å². The molecule has 0 aromatic heterocycles. The number of benzene rings is 2. The first kappa shape index (κ1) is 19.9. The van der Waals surface area contributed by atoms with Gasteiger partial charge in [0.25, 0.3) is 0 Å². The van der Waals surface area contributed by atoms with Gasteiger partial charge < -0.3 is 9.79 Å². The maximum absolute atomic E-state index is 12.8. The van der Waals surface area contributed by atoms with Crippen LogP contribution in [0.2, 0.25) is 0 Å². The van der Waals surface area contributed by atoms with Gasteiger partial charge in [0.1, 0.15) is 0 Å². The number of hydrogen-bond donors (Lipinski definition) is 2. The summed E-state index contributed by atoms with van der Waals surface area (Å²) in [6.45, 7) is 0. The summed E-state index contributed by atoms with van der Waals surface area (Å²) in [6.07, 6.45) is 11.7. The lowest BCUT2D eigenvalue weighted by atomic mass is 9.75. The molecule has 2 aliphatic carbocycles. The van der Waals surface area contributed by atoms with E-state index in [1.54, 1.807) is 0 Å². The Labute approximate surface area is 168 Å². The van der Waals surface area contributed by atoms with E-state index < -0.39 is 7.60 Å². The molecule has 2 aromatic rings. The molecule has 2 aromatic carbocycles. The second-order valence-corrected chi connectivity index (χ2v) is 10.1. The monoisotopic (exact) mass is 398 g/mol. The van der Waals surface area contributed by atoms with Crippen molar-refractivity contribution in [2.45, 2.75) is 76.0 Å². The van der Waals surface area contributed by atoms with Crippen molar-refractivity contribution in [1.82, 2.24) is 0 Å². The third-order valence-corrected chi connectivity index (χ3v) is 7.75. The highest BCUT2D eigenvalue weighted by Crippen LogP contribution is 2.48. The maximum Gasteiger partial charge on any atom is 0.357 e. The molecule has 2 N–H and O–H groups in total. The number of hydrogen-bond acceptors (Lipinski definition) is 1. The molecule has 2 saturated carbocycles. The lowest BCUT2D eigenvalue weighted by Gasteiger charge is -2.32. The molecule has 0 atom stereocenters. The van der Waals surface area contributed by atoms with Crippen LogP contribution in [0.25, 0.3) is 11.1 Å². The fourth-order valence-corrected chi connectivity index (χ4v) is 6.52. The zero-order valence-electron chi connectivity index (χ0n) is 16.5. The van der Waals surface area contributed by atoms with E-state index in [1.165, 1.54) is 31.2 Å². The SMILES string of the molecule is O=P(O)(O)c1c(-c2ccccc2)ccc(C2CCCCC2)c1C1CCCCC1. The van der Waals surface area contributed by atoms with E-state index in [1.807, 2.05) is 36.4 Å². The van der Waals surface area contributed by atoms with Gasteiger partial charge in [-0.2, -0.15) is 0 Å². The Morgan fingerprint density at radius 2 is 1.29 bits per heavy atom. The minimum Gasteiger partial charge on any atom is -0.321 e. The van der Waals surface area contributed by atoms with E-state index in [0.29, 0.717) is 16.8 Å². The summed E-state index contributed by atoms with van der Waals surface area (Å²) in [5.41, 5.74) is 3.84. The van der Waals surface area contributed by atoms with Crippen molar-refractivity contribution in [2.24, 2.45) is 0 Å². The van der Waals surface area contributed by atoms with Gasteiger partial charge in [-0.15, -0.1) is 0 Å². The summed E-state index contributed by atoms with van der Waals surface area (Å²) < 4.78 is 12.8. The molecule has 0 saturated heterocycles. The molecule has 28 heavy (non-hydrogen) atoms. The van der Waals surface area contributed by atoms with Gasteiger partial charge in [-0.3, -0.25) is 4.57 Å². The van der Waals surface area contributed by atoms with E-state index >= 15 is 0 Å². The standard InChI is InChI=1S/C24H31O3P/c25-28(26,27)24-22(19-12-6-2-7-13-19)17-16-21(18-10-4-1-5-11-18)23(24)20-14-8-3-9-15-20/h2,6-7,12-13,16-18,20H,1,3-5,8-11,14-15H2,(H2,25,26,27). The maximum atomic E-state index is 12.8. The Bertz CT molecular complexity index is 844. The van der Waals surface area contributed by atoms with Crippen molar-refractivity contribution < 1.29 is 14.4 Å². The molecule has 0 radical (unpaired) electrons. The predicted octanol–water partition coefficient (Wildman–Crippen LogP) is 6.25. The Balaban J connectivity index is 1.94. The molecule has 0 heterocycles. The summed E-state index contributed by atoms with van der Waals surface area (Å²) in [6, 6.07) is 13.9. The summed E-state index contributed by atoms with van der Waals surface area (Å²) in [5, 5.41) is 0.314. The van der Waals surface area contributed by atoms with Gasteiger partial charge in [-0.1, -0.05) is 81.0 Å².